The van der Waals surface area contributed by atoms with Crippen LogP contribution in [0, 0.1) is 5.92 Å². The van der Waals surface area contributed by atoms with E-state index in [4.69, 9.17) is 21.3 Å². The maximum absolute atomic E-state index is 12.9. The van der Waals surface area contributed by atoms with Gasteiger partial charge in [0.2, 0.25) is 11.8 Å². The van der Waals surface area contributed by atoms with E-state index < -0.39 is 54.7 Å². The third-order valence-electron chi connectivity index (χ3n) is 5.92. The van der Waals surface area contributed by atoms with Gasteiger partial charge in [-0.15, -0.1) is 0 Å². The second-order valence-electron chi connectivity index (χ2n) is 9.80. The zero-order valence-electron chi connectivity index (χ0n) is 24.3. The number of benzene rings is 1. The summed E-state index contributed by atoms with van der Waals surface area (Å²) in [5.74, 6) is -2.36. The number of nitrogens with zero attached hydrogens (tertiary/aromatic N) is 2. The fourth-order valence-corrected chi connectivity index (χ4v) is 3.24. The molecule has 0 aliphatic carbocycles. The van der Waals surface area contributed by atoms with E-state index >= 15 is 0 Å². The van der Waals surface area contributed by atoms with Crippen LogP contribution in [0.1, 0.15) is 32.3 Å². The molecule has 6 amide bonds. The van der Waals surface area contributed by atoms with Crippen LogP contribution in [0.2, 0.25) is 0 Å². The lowest BCUT2D eigenvalue weighted by molar-refractivity contribution is -0.140. The first kappa shape index (κ1) is 35.4. The number of primary amides is 1. The van der Waals surface area contributed by atoms with Crippen molar-refractivity contribution in [2.24, 2.45) is 17.4 Å². The molecule has 0 fully saturated rings. The minimum Gasteiger partial charge on any atom is -0.479 e. The molecule has 0 heterocycles. The minimum absolute atomic E-state index is 0.0630. The Morgan fingerprint density at radius 1 is 0.929 bits per heavy atom. The predicted octanol–water partition coefficient (Wildman–Crippen LogP) is 0.263. The molecule has 1 aromatic rings. The lowest BCUT2D eigenvalue weighted by Gasteiger charge is -2.22. The van der Waals surface area contributed by atoms with E-state index in [1.165, 1.54) is 19.0 Å². The van der Waals surface area contributed by atoms with E-state index in [1.807, 2.05) is 0 Å². The van der Waals surface area contributed by atoms with Gasteiger partial charge in [-0.2, -0.15) is 0 Å². The molecule has 16 heteroatoms. The molecule has 8 N–H and O–H groups in total. The topological polar surface area (TPSA) is 236 Å². The van der Waals surface area contributed by atoms with E-state index in [2.05, 4.69) is 20.7 Å². The van der Waals surface area contributed by atoms with Gasteiger partial charge in [0.05, 0.1) is 6.04 Å². The normalized spacial score (nSPS) is 12.0. The maximum Gasteiger partial charge on any atom is 0.410 e. The molecule has 0 saturated carbocycles. The number of carbonyl (C=O) groups is 6. The Hall–Kier alpha value is -4.60. The van der Waals surface area contributed by atoms with Crippen molar-refractivity contribution in [2.45, 2.75) is 45.4 Å². The molecule has 0 aliphatic heterocycles. The van der Waals surface area contributed by atoms with Crippen LogP contribution in [0.25, 0.3) is 0 Å². The van der Waals surface area contributed by atoms with Crippen molar-refractivity contribution < 1.29 is 43.3 Å². The van der Waals surface area contributed by atoms with Crippen LogP contribution in [0.3, 0.4) is 0 Å². The highest BCUT2D eigenvalue weighted by atomic mass is 16.6. The number of amides is 6. The van der Waals surface area contributed by atoms with E-state index in [1.54, 1.807) is 38.1 Å². The van der Waals surface area contributed by atoms with Gasteiger partial charge in [-0.3, -0.25) is 9.59 Å². The van der Waals surface area contributed by atoms with Gasteiger partial charge in [-0.25, -0.2) is 19.2 Å². The van der Waals surface area contributed by atoms with Crippen molar-refractivity contribution in [3.8, 4) is 0 Å². The quantitative estimate of drug-likeness (QED) is 0.143. The summed E-state index contributed by atoms with van der Waals surface area (Å²) in [6, 6.07) is 4.11. The number of carbonyl (C=O) groups excluding carboxylic acids is 5. The molecule has 0 bridgehead atoms. The number of hydrogen-bond donors (Lipinski definition) is 6. The lowest BCUT2D eigenvalue weighted by Crippen LogP contribution is -2.51. The molecule has 0 aliphatic rings. The molecule has 16 nitrogen and oxygen atoms in total. The largest absolute Gasteiger partial charge is 0.479 e. The molecule has 0 saturated heterocycles. The predicted molar refractivity (Wildman–Crippen MR) is 151 cm³/mol. The second-order valence-corrected chi connectivity index (χ2v) is 9.80. The molecular formula is C26H41N7O9. The number of rotatable bonds is 16. The Bertz CT molecular complexity index is 1080. The molecule has 234 valence electrons. The number of ether oxygens (including phenoxy) is 2. The highest BCUT2D eigenvalue weighted by Gasteiger charge is 2.25. The van der Waals surface area contributed by atoms with Crippen molar-refractivity contribution >= 4 is 41.7 Å². The molecule has 1 rings (SSSR count). The number of urea groups is 1. The van der Waals surface area contributed by atoms with Gasteiger partial charge in [-0.1, -0.05) is 26.0 Å². The van der Waals surface area contributed by atoms with E-state index in [0.29, 0.717) is 17.7 Å². The van der Waals surface area contributed by atoms with Crippen LogP contribution in [0.5, 0.6) is 0 Å². The fourth-order valence-electron chi connectivity index (χ4n) is 3.24. The molecule has 0 aromatic heterocycles. The zero-order chi connectivity index (χ0) is 31.8. The second kappa shape index (κ2) is 18.0. The van der Waals surface area contributed by atoms with Gasteiger partial charge >= 0.3 is 24.2 Å². The highest BCUT2D eigenvalue weighted by molar-refractivity contribution is 5.97. The van der Waals surface area contributed by atoms with Crippen molar-refractivity contribution in [3.05, 3.63) is 29.8 Å². The number of carboxylic acid groups (broad SMARTS) is 1. The highest BCUT2D eigenvalue weighted by Crippen LogP contribution is 2.13. The monoisotopic (exact) mass is 595 g/mol. The Labute approximate surface area is 244 Å². The Morgan fingerprint density at radius 2 is 1.50 bits per heavy atom. The number of hydrogen-bond acceptors (Lipinski definition) is 9. The maximum atomic E-state index is 12.9. The molecule has 0 radical (unpaired) electrons. The summed E-state index contributed by atoms with van der Waals surface area (Å²) in [4.78, 5) is 73.2. The van der Waals surface area contributed by atoms with Crippen LogP contribution in [0.4, 0.5) is 20.1 Å². The molecule has 1 aromatic carbocycles. The SMILES string of the molecule is CC(C)[C@H](N)C(=O)N[C@@H](CCCNC(N)=O)C(=O)Nc1ccc(COC(=O)N(C)CCN(C)C(=O)OCC(=O)O)cc1. The van der Waals surface area contributed by atoms with Crippen molar-refractivity contribution in [2.75, 3.05) is 45.7 Å². The standard InChI is InChI=1S/C26H41N7O9/c1-16(2)21(27)23(37)31-19(6-5-11-29-24(28)38)22(36)30-18-9-7-17(8-10-18)14-41-25(39)32(3)12-13-33(4)26(40)42-15-20(34)35/h7-10,16,19,21H,5-6,11-15,27H2,1-4H3,(H,30,36)(H,31,37)(H,34,35)(H3,28,29,38)/t19-,21-/m0/s1. The number of carboxylic acids is 1. The minimum atomic E-state index is -1.28. The molecule has 0 spiro atoms. The van der Waals surface area contributed by atoms with E-state index in [0.717, 1.165) is 4.90 Å². The first-order chi connectivity index (χ1) is 19.7. The summed E-state index contributed by atoms with van der Waals surface area (Å²) < 4.78 is 9.83. The average Bonchev–Trinajstić information content (AvgIpc) is 2.94. The summed E-state index contributed by atoms with van der Waals surface area (Å²) in [5, 5.41) is 16.4. The fraction of sp³-hybridized carbons (Fsp3) is 0.538. The first-order valence-corrected chi connectivity index (χ1v) is 13.2. The van der Waals surface area contributed by atoms with Crippen molar-refractivity contribution in [1.82, 2.24) is 20.4 Å². The summed E-state index contributed by atoms with van der Waals surface area (Å²) in [7, 11) is 2.88. The summed E-state index contributed by atoms with van der Waals surface area (Å²) >= 11 is 0. The molecule has 42 heavy (non-hydrogen) atoms. The lowest BCUT2D eigenvalue weighted by atomic mass is 10.0. The van der Waals surface area contributed by atoms with Gasteiger partial charge in [0.15, 0.2) is 6.61 Å². The smallest absolute Gasteiger partial charge is 0.410 e. The van der Waals surface area contributed by atoms with Crippen LogP contribution < -0.4 is 27.4 Å². The Morgan fingerprint density at radius 3 is 2.02 bits per heavy atom. The number of likely N-dealkylation sites (N-methyl/N-ethyl adjacent to an activating group) is 2. The van der Waals surface area contributed by atoms with Gasteiger partial charge in [0.1, 0.15) is 12.6 Å². The third-order valence-corrected chi connectivity index (χ3v) is 5.92. The third kappa shape index (κ3) is 13.6. The van der Waals surface area contributed by atoms with Gasteiger partial charge in [0, 0.05) is 39.4 Å². The molecule has 0 unspecified atom stereocenters. The van der Waals surface area contributed by atoms with E-state index in [9.17, 15) is 28.8 Å². The molecular weight excluding hydrogens is 554 g/mol. The van der Waals surface area contributed by atoms with Crippen LogP contribution in [0.15, 0.2) is 24.3 Å². The number of aliphatic carboxylic acids is 1. The van der Waals surface area contributed by atoms with Gasteiger partial charge < -0.3 is 51.8 Å². The van der Waals surface area contributed by atoms with Gasteiger partial charge in [-0.05, 0) is 36.5 Å². The van der Waals surface area contributed by atoms with Crippen LogP contribution in [-0.4, -0.2) is 103 Å². The van der Waals surface area contributed by atoms with Crippen LogP contribution >= 0.6 is 0 Å². The number of nitrogens with two attached hydrogens (primary N) is 2. The first-order valence-electron chi connectivity index (χ1n) is 13.2. The van der Waals surface area contributed by atoms with Gasteiger partial charge in [0.25, 0.3) is 0 Å². The Balaban J connectivity index is 2.64. The van der Waals surface area contributed by atoms with Crippen LogP contribution in [-0.2, 0) is 30.5 Å². The van der Waals surface area contributed by atoms with Crippen molar-refractivity contribution in [1.29, 1.82) is 0 Å². The summed E-state index contributed by atoms with van der Waals surface area (Å²) in [6.07, 6.45) is -0.881. The number of nitrogens with one attached hydrogen (secondary N) is 3. The van der Waals surface area contributed by atoms with E-state index in [-0.39, 0.29) is 38.6 Å². The summed E-state index contributed by atoms with van der Waals surface area (Å²) in [6.45, 7) is 3.18. The molecule has 2 atom stereocenters. The van der Waals surface area contributed by atoms with Crippen molar-refractivity contribution in [3.63, 3.8) is 0 Å². The summed E-state index contributed by atoms with van der Waals surface area (Å²) in [5.41, 5.74) is 12.0. The number of anilines is 1. The Kier molecular flexibility index (Phi) is 15.1. The zero-order valence-corrected chi connectivity index (χ0v) is 24.3. The average molecular weight is 596 g/mol.